The molecule has 8 rings (SSSR count). The molecule has 38 heavy (non-hydrogen) atoms. The molecule has 6 heteroatoms. The Morgan fingerprint density at radius 2 is 1.53 bits per heavy atom. The van der Waals surface area contributed by atoms with Crippen molar-refractivity contribution in [3.05, 3.63) is 23.3 Å². The number of allylic oxidation sites excluding steroid dienone is 3. The zero-order valence-corrected chi connectivity index (χ0v) is 24.6. The number of rotatable bonds is 5. The molecule has 8 aliphatic carbocycles. The van der Waals surface area contributed by atoms with Crippen LogP contribution >= 0.6 is 0 Å². The Bertz CT molecular complexity index is 1140. The summed E-state index contributed by atoms with van der Waals surface area (Å²) < 4.78 is 28.3. The summed E-state index contributed by atoms with van der Waals surface area (Å²) in [6.45, 7) is 5.53. The van der Waals surface area contributed by atoms with E-state index < -0.39 is 15.6 Å². The van der Waals surface area contributed by atoms with Crippen LogP contribution in [0.2, 0.25) is 0 Å². The molecule has 5 nitrogen and oxygen atoms in total. The van der Waals surface area contributed by atoms with Crippen molar-refractivity contribution in [2.75, 3.05) is 19.3 Å². The van der Waals surface area contributed by atoms with Gasteiger partial charge >= 0.3 is 0 Å². The van der Waals surface area contributed by atoms with E-state index in [2.05, 4.69) is 26.0 Å². The molecule has 212 valence electrons. The Morgan fingerprint density at radius 3 is 2.16 bits per heavy atom. The number of nitrogens with zero attached hydrogens (tertiary/aromatic N) is 1. The molecule has 0 amide bonds. The van der Waals surface area contributed by atoms with Crippen LogP contribution in [0.3, 0.4) is 0 Å². The van der Waals surface area contributed by atoms with Gasteiger partial charge in [-0.3, -0.25) is 0 Å². The van der Waals surface area contributed by atoms with E-state index >= 15 is 0 Å². The van der Waals surface area contributed by atoms with Crippen LogP contribution in [-0.2, 0) is 10.0 Å². The molecule has 0 aromatic rings. The highest BCUT2D eigenvalue weighted by Crippen LogP contribution is 2.66. The van der Waals surface area contributed by atoms with Crippen LogP contribution in [0.15, 0.2) is 23.3 Å². The van der Waals surface area contributed by atoms with Gasteiger partial charge in [0.2, 0.25) is 10.0 Å². The smallest absolute Gasteiger partial charge is 0.211 e. The Hall–Kier alpha value is -0.690. The van der Waals surface area contributed by atoms with Gasteiger partial charge in [-0.15, -0.1) is 0 Å². The van der Waals surface area contributed by atoms with Gasteiger partial charge in [0.05, 0.1) is 18.0 Å². The van der Waals surface area contributed by atoms with Crippen LogP contribution in [0.1, 0.15) is 97.3 Å². The van der Waals surface area contributed by atoms with E-state index in [0.717, 1.165) is 56.3 Å². The average molecular weight is 544 g/mol. The molecule has 4 bridgehead atoms. The summed E-state index contributed by atoms with van der Waals surface area (Å²) >= 11 is 0. The number of hydrogen-bond acceptors (Lipinski definition) is 4. The fourth-order valence-corrected chi connectivity index (χ4v) is 12.8. The predicted molar refractivity (Wildman–Crippen MR) is 150 cm³/mol. The number of hydrogen-bond donors (Lipinski definition) is 2. The molecule has 0 saturated heterocycles. The van der Waals surface area contributed by atoms with Crippen molar-refractivity contribution in [1.29, 1.82) is 0 Å². The molecule has 0 aromatic carbocycles. The third-order valence-electron chi connectivity index (χ3n) is 13.5. The zero-order valence-electron chi connectivity index (χ0n) is 23.8. The molecule has 0 radical (unpaired) electrons. The summed E-state index contributed by atoms with van der Waals surface area (Å²) in [7, 11) is -3.43. The first-order valence-corrected chi connectivity index (χ1v) is 17.4. The van der Waals surface area contributed by atoms with Crippen molar-refractivity contribution < 1.29 is 18.6 Å². The maximum Gasteiger partial charge on any atom is 0.211 e. The molecule has 0 aromatic heterocycles. The highest BCUT2D eigenvalue weighted by molar-refractivity contribution is 7.88. The summed E-state index contributed by atoms with van der Waals surface area (Å²) in [5.74, 6) is 3.13. The highest BCUT2D eigenvalue weighted by Gasteiger charge is 2.63. The van der Waals surface area contributed by atoms with Gasteiger partial charge in [-0.25, -0.2) is 8.42 Å². The maximum atomic E-state index is 13.3. The van der Waals surface area contributed by atoms with Crippen LogP contribution in [0.25, 0.3) is 0 Å². The fourth-order valence-electron chi connectivity index (χ4n) is 11.8. The SMILES string of the molecule is C[C@]12CC[C@H](O)CC1=CC=C1[C@@H]2CC[C@@]2(C)[C@H]1CC[C@@]2(O)CN(CC12CC3CC(CC(C3)C1)C2)S(C)(=O)=O. The van der Waals surface area contributed by atoms with Crippen molar-refractivity contribution in [2.45, 2.75) is 109 Å². The predicted octanol–water partition coefficient (Wildman–Crippen LogP) is 5.44. The van der Waals surface area contributed by atoms with E-state index in [-0.39, 0.29) is 28.9 Å². The molecule has 7 fully saturated rings. The second-order valence-electron chi connectivity index (χ2n) is 15.8. The minimum Gasteiger partial charge on any atom is -0.393 e. The lowest BCUT2D eigenvalue weighted by Crippen LogP contribution is -2.59. The molecule has 8 aliphatic rings. The van der Waals surface area contributed by atoms with Gasteiger partial charge in [0.15, 0.2) is 0 Å². The van der Waals surface area contributed by atoms with Gasteiger partial charge in [0.1, 0.15) is 0 Å². The Morgan fingerprint density at radius 1 is 0.895 bits per heavy atom. The van der Waals surface area contributed by atoms with Crippen LogP contribution < -0.4 is 0 Å². The summed E-state index contributed by atoms with van der Waals surface area (Å²) in [4.78, 5) is 0. The van der Waals surface area contributed by atoms with Gasteiger partial charge in [-0.1, -0.05) is 37.1 Å². The van der Waals surface area contributed by atoms with E-state index in [1.54, 1.807) is 4.31 Å². The molecule has 0 aliphatic heterocycles. The second kappa shape index (κ2) is 8.42. The topological polar surface area (TPSA) is 77.8 Å². The summed E-state index contributed by atoms with van der Waals surface area (Å²) in [5.41, 5.74) is 1.82. The normalized spacial score (nSPS) is 51.3. The lowest BCUT2D eigenvalue weighted by atomic mass is 9.49. The van der Waals surface area contributed by atoms with Crippen molar-refractivity contribution in [3.8, 4) is 0 Å². The quantitative estimate of drug-likeness (QED) is 0.484. The Balaban J connectivity index is 1.16. The molecule has 7 saturated carbocycles. The maximum absolute atomic E-state index is 13.3. The van der Waals surface area contributed by atoms with Gasteiger partial charge in [-0.2, -0.15) is 4.31 Å². The monoisotopic (exact) mass is 543 g/mol. The molecule has 0 heterocycles. The number of aliphatic hydroxyl groups excluding tert-OH is 1. The summed E-state index contributed by atoms with van der Waals surface area (Å²) in [5, 5.41) is 22.7. The van der Waals surface area contributed by atoms with E-state index in [9.17, 15) is 18.6 Å². The minimum atomic E-state index is -3.43. The third kappa shape index (κ3) is 3.82. The first-order chi connectivity index (χ1) is 17.8. The third-order valence-corrected chi connectivity index (χ3v) is 14.6. The zero-order chi connectivity index (χ0) is 26.7. The Labute approximate surface area is 230 Å². The molecule has 0 unspecified atom stereocenters. The Kier molecular flexibility index (Phi) is 5.81. The number of fused-ring (bicyclic) bond motifs is 5. The van der Waals surface area contributed by atoms with E-state index in [1.807, 2.05) is 0 Å². The largest absolute Gasteiger partial charge is 0.393 e. The first-order valence-electron chi connectivity index (χ1n) is 15.6. The van der Waals surface area contributed by atoms with Crippen LogP contribution in [0.4, 0.5) is 0 Å². The highest BCUT2D eigenvalue weighted by atomic mass is 32.2. The molecular weight excluding hydrogens is 494 g/mol. The van der Waals surface area contributed by atoms with Gasteiger partial charge in [-0.05, 0) is 124 Å². The van der Waals surface area contributed by atoms with Gasteiger partial charge in [0, 0.05) is 18.5 Å². The summed E-state index contributed by atoms with van der Waals surface area (Å²) in [6, 6.07) is 0. The molecule has 2 N–H and O–H groups in total. The van der Waals surface area contributed by atoms with Crippen LogP contribution in [0, 0.1) is 45.8 Å². The second-order valence-corrected chi connectivity index (χ2v) is 17.7. The van der Waals surface area contributed by atoms with Crippen molar-refractivity contribution in [3.63, 3.8) is 0 Å². The number of sulfonamides is 1. The van der Waals surface area contributed by atoms with Crippen molar-refractivity contribution >= 4 is 10.0 Å². The van der Waals surface area contributed by atoms with Crippen LogP contribution in [0.5, 0.6) is 0 Å². The van der Waals surface area contributed by atoms with Crippen molar-refractivity contribution in [2.24, 2.45) is 45.8 Å². The fraction of sp³-hybridized carbons (Fsp3) is 0.875. The first kappa shape index (κ1) is 26.2. The number of aliphatic hydroxyl groups is 2. The summed E-state index contributed by atoms with van der Waals surface area (Å²) in [6.07, 6.45) is 19.7. The lowest BCUT2D eigenvalue weighted by molar-refractivity contribution is -0.105. The van der Waals surface area contributed by atoms with E-state index in [1.165, 1.54) is 55.9 Å². The van der Waals surface area contributed by atoms with E-state index in [4.69, 9.17) is 0 Å². The molecule has 6 atom stereocenters. The van der Waals surface area contributed by atoms with Crippen molar-refractivity contribution in [1.82, 2.24) is 4.31 Å². The molecule has 0 spiro atoms. The van der Waals surface area contributed by atoms with Gasteiger partial charge < -0.3 is 10.2 Å². The van der Waals surface area contributed by atoms with Crippen LogP contribution in [-0.4, -0.2) is 54.0 Å². The van der Waals surface area contributed by atoms with E-state index in [0.29, 0.717) is 24.8 Å². The molecular formula is C32H49NO4S. The average Bonchev–Trinajstić information content (AvgIpc) is 3.08. The van der Waals surface area contributed by atoms with Gasteiger partial charge in [0.25, 0.3) is 0 Å². The standard InChI is InChI=1S/C32H49NO4S/c1-29-9-6-25(34)15-24(29)4-5-26-27(29)7-10-30(2)28(26)8-11-32(30,35)20-33(38(3,36)37)19-31-16-21-12-22(17-31)14-23(13-21)18-31/h4-5,21-23,25,27-28,34-35H,6-20H2,1-3H3/t21?,22?,23?,25-,27-,28-,29-,30-,31?,32+/m0/s1. The minimum absolute atomic E-state index is 0.114. The lowest BCUT2D eigenvalue weighted by Gasteiger charge is -2.58.